The van der Waals surface area contributed by atoms with Gasteiger partial charge in [-0.3, -0.25) is 9.52 Å². The maximum atomic E-state index is 13.2. The summed E-state index contributed by atoms with van der Waals surface area (Å²) in [5.41, 5.74) is 3.50. The fourth-order valence-corrected chi connectivity index (χ4v) is 7.05. The highest BCUT2D eigenvalue weighted by molar-refractivity contribution is 7.92. The number of nitrogens with one attached hydrogen (secondary N) is 2. The summed E-state index contributed by atoms with van der Waals surface area (Å²) in [7, 11) is -3.83. The second-order valence-electron chi connectivity index (χ2n) is 8.07. The molecule has 182 valence electrons. The SMILES string of the molecule is Cc1sc(NC(=O)c2cccc(NS(=O)(=O)c3ccc(Cl)cc3)c2)c(-c2nc3ccccc3s2)c1C. The number of thiophene rings is 1. The van der Waals surface area contributed by atoms with E-state index >= 15 is 0 Å². The number of rotatable bonds is 6. The van der Waals surface area contributed by atoms with E-state index in [-0.39, 0.29) is 16.5 Å². The summed E-state index contributed by atoms with van der Waals surface area (Å²) < 4.78 is 29.1. The molecule has 2 heterocycles. The van der Waals surface area contributed by atoms with Crippen LogP contribution in [0.25, 0.3) is 20.8 Å². The number of nitrogens with zero attached hydrogens (tertiary/aromatic N) is 1. The van der Waals surface area contributed by atoms with Gasteiger partial charge in [0.1, 0.15) is 10.0 Å². The number of hydrogen-bond acceptors (Lipinski definition) is 6. The van der Waals surface area contributed by atoms with Crippen molar-refractivity contribution in [3.63, 3.8) is 0 Å². The minimum Gasteiger partial charge on any atom is -0.313 e. The van der Waals surface area contributed by atoms with E-state index < -0.39 is 10.0 Å². The fraction of sp³-hybridized carbons (Fsp3) is 0.0769. The smallest absolute Gasteiger partial charge is 0.261 e. The van der Waals surface area contributed by atoms with E-state index in [1.807, 2.05) is 38.1 Å². The van der Waals surface area contributed by atoms with Crippen molar-refractivity contribution in [1.82, 2.24) is 4.98 Å². The van der Waals surface area contributed by atoms with Gasteiger partial charge in [0.25, 0.3) is 15.9 Å². The van der Waals surface area contributed by atoms with E-state index in [1.165, 1.54) is 41.7 Å². The maximum absolute atomic E-state index is 13.2. The molecule has 1 amide bonds. The van der Waals surface area contributed by atoms with E-state index in [1.54, 1.807) is 29.5 Å². The van der Waals surface area contributed by atoms with Gasteiger partial charge in [-0.2, -0.15) is 0 Å². The van der Waals surface area contributed by atoms with Crippen molar-refractivity contribution in [1.29, 1.82) is 0 Å². The number of aryl methyl sites for hydroxylation is 1. The van der Waals surface area contributed by atoms with Crippen molar-refractivity contribution in [3.05, 3.63) is 93.8 Å². The molecule has 5 aromatic rings. The Morgan fingerprint density at radius 1 is 0.944 bits per heavy atom. The van der Waals surface area contributed by atoms with E-state index in [0.29, 0.717) is 15.6 Å². The Morgan fingerprint density at radius 3 is 2.44 bits per heavy atom. The monoisotopic (exact) mass is 553 g/mol. The molecular formula is C26H20ClN3O3S3. The molecule has 0 radical (unpaired) electrons. The second-order valence-corrected chi connectivity index (χ2v) is 12.4. The highest BCUT2D eigenvalue weighted by atomic mass is 35.5. The summed E-state index contributed by atoms with van der Waals surface area (Å²) in [5.74, 6) is -0.342. The molecule has 2 aromatic heterocycles. The summed E-state index contributed by atoms with van der Waals surface area (Å²) in [4.78, 5) is 19.1. The number of hydrogen-bond donors (Lipinski definition) is 2. The number of carbonyl (C=O) groups is 1. The predicted octanol–water partition coefficient (Wildman–Crippen LogP) is 7.35. The molecule has 0 fully saturated rings. The third-order valence-corrected chi connectivity index (χ3v) is 9.45. The summed E-state index contributed by atoms with van der Waals surface area (Å²) in [6, 6.07) is 20.2. The van der Waals surface area contributed by atoms with Crippen LogP contribution in [0.3, 0.4) is 0 Å². The first-order chi connectivity index (χ1) is 17.2. The Morgan fingerprint density at radius 2 is 1.69 bits per heavy atom. The Bertz CT molecular complexity index is 1670. The van der Waals surface area contributed by atoms with E-state index in [2.05, 4.69) is 10.0 Å². The lowest BCUT2D eigenvalue weighted by Gasteiger charge is -2.10. The zero-order chi connectivity index (χ0) is 25.4. The number of aromatic nitrogens is 1. The number of thiazole rings is 1. The molecule has 0 atom stereocenters. The van der Waals surface area contributed by atoms with Crippen LogP contribution in [0.15, 0.2) is 77.7 Å². The molecule has 0 aliphatic heterocycles. The first-order valence-corrected chi connectivity index (χ1v) is 14.4. The quantitative estimate of drug-likeness (QED) is 0.230. The Kier molecular flexibility index (Phi) is 6.57. The van der Waals surface area contributed by atoms with Gasteiger partial charge in [0.15, 0.2) is 0 Å². The van der Waals surface area contributed by atoms with Crippen LogP contribution >= 0.6 is 34.3 Å². The highest BCUT2D eigenvalue weighted by Gasteiger charge is 2.21. The van der Waals surface area contributed by atoms with E-state index in [0.717, 1.165) is 31.2 Å². The fourth-order valence-electron chi connectivity index (χ4n) is 3.68. The zero-order valence-electron chi connectivity index (χ0n) is 19.2. The van der Waals surface area contributed by atoms with Crippen LogP contribution in [-0.2, 0) is 10.0 Å². The Hall–Kier alpha value is -3.24. The lowest BCUT2D eigenvalue weighted by Crippen LogP contribution is -2.15. The molecule has 36 heavy (non-hydrogen) atoms. The summed E-state index contributed by atoms with van der Waals surface area (Å²) in [5, 5.41) is 5.01. The van der Waals surface area contributed by atoms with Crippen LogP contribution in [0.5, 0.6) is 0 Å². The third kappa shape index (κ3) is 4.87. The number of halogens is 1. The van der Waals surface area contributed by atoms with Gasteiger partial charge in [-0.05, 0) is 74.0 Å². The molecule has 0 spiro atoms. The second kappa shape index (κ2) is 9.67. The molecule has 3 aromatic carbocycles. The van der Waals surface area contributed by atoms with Crippen LogP contribution < -0.4 is 10.0 Å². The molecule has 10 heteroatoms. The van der Waals surface area contributed by atoms with Crippen molar-refractivity contribution in [2.24, 2.45) is 0 Å². The standard InChI is InChI=1S/C26H20ClN3O3S3/c1-15-16(2)34-26(23(15)25-28-21-8-3-4-9-22(21)35-25)29-24(31)17-6-5-7-19(14-17)30-36(32,33)20-12-10-18(27)11-13-20/h3-14,30H,1-2H3,(H,29,31). The van der Waals surface area contributed by atoms with Gasteiger partial charge in [0, 0.05) is 26.7 Å². The number of carbonyl (C=O) groups excluding carboxylic acids is 1. The van der Waals surface area contributed by atoms with Gasteiger partial charge in [-0.1, -0.05) is 29.8 Å². The number of fused-ring (bicyclic) bond motifs is 1. The molecule has 2 N–H and O–H groups in total. The number of amides is 1. The third-order valence-electron chi connectivity index (χ3n) is 5.62. The average molecular weight is 554 g/mol. The lowest BCUT2D eigenvalue weighted by molar-refractivity contribution is 0.102. The number of benzene rings is 3. The van der Waals surface area contributed by atoms with E-state index in [4.69, 9.17) is 16.6 Å². The molecule has 0 aliphatic carbocycles. The van der Waals surface area contributed by atoms with Crippen molar-refractivity contribution in [2.75, 3.05) is 10.0 Å². The highest BCUT2D eigenvalue weighted by Crippen LogP contribution is 2.43. The first-order valence-electron chi connectivity index (χ1n) is 10.9. The number of para-hydroxylation sites is 1. The molecule has 0 bridgehead atoms. The largest absolute Gasteiger partial charge is 0.313 e. The van der Waals surface area contributed by atoms with Crippen molar-refractivity contribution >= 4 is 71.1 Å². The van der Waals surface area contributed by atoms with Gasteiger partial charge >= 0.3 is 0 Å². The Labute approximate surface area is 221 Å². The van der Waals surface area contributed by atoms with Crippen LogP contribution in [0, 0.1) is 13.8 Å². The molecule has 0 aliphatic rings. The molecular weight excluding hydrogens is 534 g/mol. The molecule has 0 saturated heterocycles. The minimum atomic E-state index is -3.83. The number of anilines is 2. The van der Waals surface area contributed by atoms with Crippen molar-refractivity contribution < 1.29 is 13.2 Å². The van der Waals surface area contributed by atoms with Gasteiger partial charge in [0.05, 0.1) is 15.1 Å². The van der Waals surface area contributed by atoms with Gasteiger partial charge < -0.3 is 5.32 Å². The first kappa shape index (κ1) is 24.5. The van der Waals surface area contributed by atoms with E-state index in [9.17, 15) is 13.2 Å². The molecule has 5 rings (SSSR count). The van der Waals surface area contributed by atoms with Gasteiger partial charge in [-0.25, -0.2) is 13.4 Å². The summed E-state index contributed by atoms with van der Waals surface area (Å²) >= 11 is 8.94. The molecule has 0 saturated carbocycles. The molecule has 6 nitrogen and oxygen atoms in total. The van der Waals surface area contributed by atoms with Crippen molar-refractivity contribution in [2.45, 2.75) is 18.7 Å². The maximum Gasteiger partial charge on any atom is 0.261 e. The topological polar surface area (TPSA) is 88.2 Å². The average Bonchev–Trinajstić information content (AvgIpc) is 3.39. The number of sulfonamides is 1. The van der Waals surface area contributed by atoms with Gasteiger partial charge in [0.2, 0.25) is 0 Å². The Balaban J connectivity index is 1.41. The summed E-state index contributed by atoms with van der Waals surface area (Å²) in [6.07, 6.45) is 0. The normalized spacial score (nSPS) is 11.5. The molecule has 0 unspecified atom stereocenters. The lowest BCUT2D eigenvalue weighted by atomic mass is 10.1. The van der Waals surface area contributed by atoms with Crippen molar-refractivity contribution in [3.8, 4) is 10.6 Å². The minimum absolute atomic E-state index is 0.0757. The predicted molar refractivity (Wildman–Crippen MR) is 149 cm³/mol. The summed E-state index contributed by atoms with van der Waals surface area (Å²) in [6.45, 7) is 4.04. The van der Waals surface area contributed by atoms with Crippen LogP contribution in [0.1, 0.15) is 20.8 Å². The zero-order valence-corrected chi connectivity index (χ0v) is 22.4. The van der Waals surface area contributed by atoms with Crippen LogP contribution in [-0.4, -0.2) is 19.3 Å². The van der Waals surface area contributed by atoms with Crippen LogP contribution in [0.2, 0.25) is 5.02 Å². The van der Waals surface area contributed by atoms with Gasteiger partial charge in [-0.15, -0.1) is 22.7 Å². The van der Waals surface area contributed by atoms with Crippen LogP contribution in [0.4, 0.5) is 10.7 Å².